The number of fused-ring (bicyclic) bond motifs is 1. The maximum Gasteiger partial charge on any atom is 0.163 e. The van der Waals surface area contributed by atoms with Crippen molar-refractivity contribution in [2.24, 2.45) is 0 Å². The van der Waals surface area contributed by atoms with Crippen LogP contribution in [0.25, 0.3) is 0 Å². The molecule has 1 aliphatic rings. The van der Waals surface area contributed by atoms with E-state index in [0.29, 0.717) is 6.42 Å². The Balaban J connectivity index is 1.90. The number of carbonyl (C=O) groups is 1. The van der Waals surface area contributed by atoms with E-state index in [1.807, 2.05) is 30.3 Å². The Morgan fingerprint density at radius 1 is 1.00 bits per heavy atom. The highest BCUT2D eigenvalue weighted by molar-refractivity contribution is 5.99. The zero-order valence-electron chi connectivity index (χ0n) is 10.9. The number of rotatable bonds is 2. The second-order valence-corrected chi connectivity index (χ2v) is 4.96. The van der Waals surface area contributed by atoms with Gasteiger partial charge in [0.1, 0.15) is 5.75 Å². The second kappa shape index (κ2) is 4.88. The first-order chi connectivity index (χ1) is 9.28. The Labute approximate surface area is 113 Å². The topological polar surface area (TPSA) is 26.3 Å². The van der Waals surface area contributed by atoms with Crippen LogP contribution in [0.2, 0.25) is 0 Å². The van der Waals surface area contributed by atoms with Crippen molar-refractivity contribution in [3.05, 3.63) is 65.2 Å². The molecule has 0 N–H and O–H groups in total. The highest BCUT2D eigenvalue weighted by Gasteiger charge is 2.25. The summed E-state index contributed by atoms with van der Waals surface area (Å²) in [4.78, 5) is 12.2. The molecule has 0 amide bonds. The van der Waals surface area contributed by atoms with Crippen LogP contribution in [0.4, 0.5) is 0 Å². The van der Waals surface area contributed by atoms with E-state index in [1.54, 1.807) is 7.11 Å². The van der Waals surface area contributed by atoms with Crippen molar-refractivity contribution < 1.29 is 9.53 Å². The first-order valence-corrected chi connectivity index (χ1v) is 6.53. The standard InChI is InChI=1S/C17H16O2/c1-19-15-8-6-12(7-9-15)14-10-13-4-2-3-5-16(13)17(18)11-14/h2-9,14H,10-11H2,1H3/t14-/m1/s1. The van der Waals surface area contributed by atoms with Gasteiger partial charge in [-0.2, -0.15) is 0 Å². The second-order valence-electron chi connectivity index (χ2n) is 4.96. The van der Waals surface area contributed by atoms with Crippen LogP contribution < -0.4 is 4.74 Å². The Morgan fingerprint density at radius 3 is 2.47 bits per heavy atom. The molecule has 0 bridgehead atoms. The van der Waals surface area contributed by atoms with E-state index in [4.69, 9.17) is 4.74 Å². The molecule has 2 nitrogen and oxygen atoms in total. The molecule has 3 rings (SSSR count). The first kappa shape index (κ1) is 12.0. The predicted octanol–water partition coefficient (Wildman–Crippen LogP) is 3.61. The molecule has 2 heteroatoms. The normalized spacial score (nSPS) is 17.9. The van der Waals surface area contributed by atoms with Crippen LogP contribution in [-0.4, -0.2) is 12.9 Å². The molecule has 0 saturated carbocycles. The van der Waals surface area contributed by atoms with Gasteiger partial charge in [0.15, 0.2) is 5.78 Å². The van der Waals surface area contributed by atoms with Gasteiger partial charge in [0.2, 0.25) is 0 Å². The van der Waals surface area contributed by atoms with Gasteiger partial charge in [-0.25, -0.2) is 0 Å². The summed E-state index contributed by atoms with van der Waals surface area (Å²) in [6.45, 7) is 0. The molecule has 96 valence electrons. The van der Waals surface area contributed by atoms with Crippen LogP contribution in [0.1, 0.15) is 33.8 Å². The summed E-state index contributed by atoms with van der Waals surface area (Å²) in [5, 5.41) is 0. The molecule has 0 heterocycles. The molecule has 0 saturated heterocycles. The third-order valence-electron chi connectivity index (χ3n) is 3.80. The monoisotopic (exact) mass is 252 g/mol. The Hall–Kier alpha value is -2.09. The third kappa shape index (κ3) is 2.26. The number of hydrogen-bond acceptors (Lipinski definition) is 2. The minimum Gasteiger partial charge on any atom is -0.497 e. The summed E-state index contributed by atoms with van der Waals surface area (Å²) in [6.07, 6.45) is 1.54. The molecule has 2 aromatic rings. The van der Waals surface area contributed by atoms with Crippen LogP contribution in [0.15, 0.2) is 48.5 Å². The number of ether oxygens (including phenoxy) is 1. The molecule has 0 aliphatic heterocycles. The maximum absolute atomic E-state index is 12.2. The smallest absolute Gasteiger partial charge is 0.163 e. The van der Waals surface area contributed by atoms with E-state index in [2.05, 4.69) is 18.2 Å². The summed E-state index contributed by atoms with van der Waals surface area (Å²) in [7, 11) is 1.66. The lowest BCUT2D eigenvalue weighted by molar-refractivity contribution is 0.0964. The van der Waals surface area contributed by atoms with E-state index >= 15 is 0 Å². The van der Waals surface area contributed by atoms with Gasteiger partial charge in [-0.3, -0.25) is 4.79 Å². The SMILES string of the molecule is COc1ccc([C@H]2CC(=O)c3ccccc3C2)cc1. The lowest BCUT2D eigenvalue weighted by Gasteiger charge is -2.24. The van der Waals surface area contributed by atoms with Crippen LogP contribution in [0.5, 0.6) is 5.75 Å². The van der Waals surface area contributed by atoms with Crippen LogP contribution in [0, 0.1) is 0 Å². The predicted molar refractivity (Wildman–Crippen MR) is 74.8 cm³/mol. The fraction of sp³-hybridized carbons (Fsp3) is 0.235. The van der Waals surface area contributed by atoms with E-state index in [0.717, 1.165) is 17.7 Å². The van der Waals surface area contributed by atoms with Crippen LogP contribution in [0.3, 0.4) is 0 Å². The fourth-order valence-electron chi connectivity index (χ4n) is 2.75. The molecule has 2 aromatic carbocycles. The van der Waals surface area contributed by atoms with Gasteiger partial charge in [0, 0.05) is 12.0 Å². The van der Waals surface area contributed by atoms with Gasteiger partial charge in [0.25, 0.3) is 0 Å². The first-order valence-electron chi connectivity index (χ1n) is 6.53. The van der Waals surface area contributed by atoms with Crippen molar-refractivity contribution in [2.75, 3.05) is 7.11 Å². The van der Waals surface area contributed by atoms with Gasteiger partial charge in [-0.05, 0) is 35.6 Å². The van der Waals surface area contributed by atoms with Gasteiger partial charge in [-0.15, -0.1) is 0 Å². The van der Waals surface area contributed by atoms with Gasteiger partial charge in [0.05, 0.1) is 7.11 Å². The average molecular weight is 252 g/mol. The van der Waals surface area contributed by atoms with Crippen molar-refractivity contribution in [1.29, 1.82) is 0 Å². The molecule has 0 unspecified atom stereocenters. The fourth-order valence-corrected chi connectivity index (χ4v) is 2.75. The van der Waals surface area contributed by atoms with E-state index in [1.165, 1.54) is 11.1 Å². The summed E-state index contributed by atoms with van der Waals surface area (Å²) < 4.78 is 5.17. The zero-order valence-corrected chi connectivity index (χ0v) is 10.9. The quantitative estimate of drug-likeness (QED) is 0.816. The molecule has 1 atom stereocenters. The average Bonchev–Trinajstić information content (AvgIpc) is 2.47. The number of hydrogen-bond donors (Lipinski definition) is 0. The van der Waals surface area contributed by atoms with Crippen molar-refractivity contribution in [3.63, 3.8) is 0 Å². The Morgan fingerprint density at radius 2 is 1.74 bits per heavy atom. The zero-order chi connectivity index (χ0) is 13.2. The minimum absolute atomic E-state index is 0.252. The molecule has 0 radical (unpaired) electrons. The number of Topliss-reactive ketones (excluding diaryl/α,β-unsaturated/α-hetero) is 1. The van der Waals surface area contributed by atoms with Crippen molar-refractivity contribution in [2.45, 2.75) is 18.8 Å². The molecule has 0 fully saturated rings. The maximum atomic E-state index is 12.2. The van der Waals surface area contributed by atoms with Crippen molar-refractivity contribution in [1.82, 2.24) is 0 Å². The summed E-state index contributed by atoms with van der Waals surface area (Å²) >= 11 is 0. The Bertz CT molecular complexity index is 599. The molecule has 1 aliphatic carbocycles. The number of methoxy groups -OCH3 is 1. The lowest BCUT2D eigenvalue weighted by Crippen LogP contribution is -2.18. The largest absolute Gasteiger partial charge is 0.497 e. The summed E-state index contributed by atoms with van der Waals surface area (Å²) in [5.41, 5.74) is 3.27. The van der Waals surface area contributed by atoms with E-state index in [-0.39, 0.29) is 11.7 Å². The number of ketones is 1. The highest BCUT2D eigenvalue weighted by atomic mass is 16.5. The molecule has 0 aromatic heterocycles. The van der Waals surface area contributed by atoms with Crippen molar-refractivity contribution >= 4 is 5.78 Å². The summed E-state index contributed by atoms with van der Waals surface area (Å²) in [5.74, 6) is 1.39. The van der Waals surface area contributed by atoms with Crippen molar-refractivity contribution in [3.8, 4) is 5.75 Å². The van der Waals surface area contributed by atoms with Gasteiger partial charge in [-0.1, -0.05) is 36.4 Å². The lowest BCUT2D eigenvalue weighted by atomic mass is 9.79. The van der Waals surface area contributed by atoms with Crippen LogP contribution in [-0.2, 0) is 6.42 Å². The van der Waals surface area contributed by atoms with Gasteiger partial charge < -0.3 is 4.74 Å². The van der Waals surface area contributed by atoms with E-state index < -0.39 is 0 Å². The molecular formula is C17H16O2. The third-order valence-corrected chi connectivity index (χ3v) is 3.80. The van der Waals surface area contributed by atoms with Crippen LogP contribution >= 0.6 is 0 Å². The number of benzene rings is 2. The number of carbonyl (C=O) groups excluding carboxylic acids is 1. The molecular weight excluding hydrogens is 236 g/mol. The highest BCUT2D eigenvalue weighted by Crippen LogP contribution is 2.33. The van der Waals surface area contributed by atoms with Gasteiger partial charge >= 0.3 is 0 Å². The Kier molecular flexibility index (Phi) is 3.08. The van der Waals surface area contributed by atoms with E-state index in [9.17, 15) is 4.79 Å². The molecule has 0 spiro atoms. The minimum atomic E-state index is 0.252. The molecule has 19 heavy (non-hydrogen) atoms. The summed E-state index contributed by atoms with van der Waals surface area (Å²) in [6, 6.07) is 16.0.